The first-order valence-electron chi connectivity index (χ1n) is 13.3. The Morgan fingerprint density at radius 3 is 2.40 bits per heavy atom. The second kappa shape index (κ2) is 13.9. The Morgan fingerprint density at radius 2 is 1.67 bits per heavy atom. The van der Waals surface area contributed by atoms with Crippen LogP contribution in [0.25, 0.3) is 23.1 Å². The molecule has 2 aromatic heterocycles. The standard InChI is InChI=1S/C33H28ClN5O3/c34-27-13-9-23(10-14-27)7-8-24-11-15-28(16-12-24)42-22-32(40)38-31(18-26-21-36-30-6-2-1-5-29(26)30)33(41)39-37-20-25-4-3-17-35-19-25/h1-17,19-21,31,36H,18,22H2,(H,38,40)(H,39,41)/b8-7+,37-20+. The van der Waals surface area contributed by atoms with E-state index in [1.54, 1.807) is 30.6 Å². The summed E-state index contributed by atoms with van der Waals surface area (Å²) in [5.41, 5.74) is 7.11. The summed E-state index contributed by atoms with van der Waals surface area (Å²) in [5, 5.41) is 8.50. The number of pyridine rings is 1. The molecular weight excluding hydrogens is 550 g/mol. The van der Waals surface area contributed by atoms with Gasteiger partial charge in [-0.1, -0.05) is 72.3 Å². The van der Waals surface area contributed by atoms with Crippen LogP contribution in [0.1, 0.15) is 22.3 Å². The summed E-state index contributed by atoms with van der Waals surface area (Å²) in [5.74, 6) is -0.351. The van der Waals surface area contributed by atoms with Gasteiger partial charge >= 0.3 is 0 Å². The van der Waals surface area contributed by atoms with Crippen molar-refractivity contribution >= 4 is 52.7 Å². The molecule has 2 amide bonds. The van der Waals surface area contributed by atoms with E-state index in [0.717, 1.165) is 33.2 Å². The van der Waals surface area contributed by atoms with Gasteiger partial charge in [0, 0.05) is 46.5 Å². The molecule has 0 saturated carbocycles. The molecule has 0 fully saturated rings. The average Bonchev–Trinajstić information content (AvgIpc) is 3.43. The number of hydrogen-bond acceptors (Lipinski definition) is 5. The summed E-state index contributed by atoms with van der Waals surface area (Å²) in [6.45, 7) is -0.253. The molecule has 0 spiro atoms. The van der Waals surface area contributed by atoms with E-state index in [1.165, 1.54) is 6.21 Å². The largest absolute Gasteiger partial charge is 0.484 e. The highest BCUT2D eigenvalue weighted by Gasteiger charge is 2.23. The Kier molecular flexibility index (Phi) is 9.39. The number of H-pyrrole nitrogens is 1. The number of hydrogen-bond donors (Lipinski definition) is 3. The van der Waals surface area contributed by atoms with E-state index in [9.17, 15) is 9.59 Å². The first kappa shape index (κ1) is 28.3. The molecule has 1 atom stereocenters. The lowest BCUT2D eigenvalue weighted by molar-refractivity contribution is -0.130. The second-order valence-electron chi connectivity index (χ2n) is 9.45. The number of rotatable bonds is 11. The summed E-state index contributed by atoms with van der Waals surface area (Å²) in [6.07, 6.45) is 10.8. The number of nitrogens with zero attached hydrogens (tertiary/aromatic N) is 2. The molecule has 0 aliphatic rings. The normalized spacial score (nSPS) is 12.0. The van der Waals surface area contributed by atoms with Crippen molar-refractivity contribution in [2.24, 2.45) is 5.10 Å². The highest BCUT2D eigenvalue weighted by Crippen LogP contribution is 2.20. The number of carbonyl (C=O) groups excluding carboxylic acids is 2. The first-order valence-corrected chi connectivity index (χ1v) is 13.6. The van der Waals surface area contributed by atoms with Gasteiger partial charge in [-0.2, -0.15) is 5.10 Å². The van der Waals surface area contributed by atoms with Gasteiger partial charge in [0.2, 0.25) is 0 Å². The monoisotopic (exact) mass is 577 g/mol. The van der Waals surface area contributed by atoms with E-state index in [2.05, 4.69) is 25.8 Å². The third-order valence-corrected chi connectivity index (χ3v) is 6.66. The molecule has 1 unspecified atom stereocenters. The zero-order valence-corrected chi connectivity index (χ0v) is 23.3. The number of carbonyl (C=O) groups is 2. The Bertz CT molecular complexity index is 1700. The van der Waals surface area contributed by atoms with E-state index in [1.807, 2.05) is 85.1 Å². The van der Waals surface area contributed by atoms with E-state index < -0.39 is 17.9 Å². The SMILES string of the molecule is O=C(COc1ccc(/C=C/c2ccc(Cl)cc2)cc1)NC(Cc1c[nH]c2ccccc12)C(=O)N/N=C/c1cccnc1. The number of benzene rings is 3. The van der Waals surface area contributed by atoms with Crippen molar-refractivity contribution in [2.75, 3.05) is 6.61 Å². The molecular formula is C33H28ClN5O3. The van der Waals surface area contributed by atoms with Crippen molar-refractivity contribution in [3.63, 3.8) is 0 Å². The smallest absolute Gasteiger partial charge is 0.262 e. The van der Waals surface area contributed by atoms with Crippen LogP contribution in [-0.4, -0.2) is 40.6 Å². The van der Waals surface area contributed by atoms with Crippen LogP contribution < -0.4 is 15.5 Å². The van der Waals surface area contributed by atoms with Gasteiger partial charge in [0.15, 0.2) is 6.61 Å². The molecule has 2 heterocycles. The van der Waals surface area contributed by atoms with Crippen LogP contribution in [0.2, 0.25) is 5.02 Å². The highest BCUT2D eigenvalue weighted by molar-refractivity contribution is 6.30. The molecule has 3 N–H and O–H groups in total. The molecule has 9 heteroatoms. The lowest BCUT2D eigenvalue weighted by Crippen LogP contribution is -2.48. The minimum Gasteiger partial charge on any atom is -0.484 e. The maximum absolute atomic E-state index is 13.1. The molecule has 0 saturated heterocycles. The second-order valence-corrected chi connectivity index (χ2v) is 9.88. The van der Waals surface area contributed by atoms with E-state index in [-0.39, 0.29) is 13.0 Å². The maximum Gasteiger partial charge on any atom is 0.262 e. The van der Waals surface area contributed by atoms with Crippen molar-refractivity contribution < 1.29 is 14.3 Å². The van der Waals surface area contributed by atoms with Gasteiger partial charge in [0.1, 0.15) is 11.8 Å². The van der Waals surface area contributed by atoms with Crippen LogP contribution in [0, 0.1) is 0 Å². The number of hydrazone groups is 1. The van der Waals surface area contributed by atoms with Gasteiger partial charge in [0.25, 0.3) is 11.8 Å². The molecule has 0 bridgehead atoms. The van der Waals surface area contributed by atoms with Crippen molar-refractivity contribution in [3.8, 4) is 5.75 Å². The van der Waals surface area contributed by atoms with E-state index >= 15 is 0 Å². The molecule has 0 radical (unpaired) electrons. The van der Waals surface area contributed by atoms with Gasteiger partial charge < -0.3 is 15.0 Å². The molecule has 8 nitrogen and oxygen atoms in total. The Labute approximate surface area is 248 Å². The Hall–Kier alpha value is -5.21. The minimum absolute atomic E-state index is 0.253. The number of amides is 2. The van der Waals surface area contributed by atoms with Gasteiger partial charge in [-0.15, -0.1) is 0 Å². The summed E-state index contributed by atoms with van der Waals surface area (Å²) >= 11 is 5.94. The van der Waals surface area contributed by atoms with E-state index in [4.69, 9.17) is 16.3 Å². The Morgan fingerprint density at radius 1 is 0.929 bits per heavy atom. The van der Waals surface area contributed by atoms with Gasteiger partial charge in [0.05, 0.1) is 6.21 Å². The quantitative estimate of drug-likeness (QED) is 0.107. The zero-order valence-electron chi connectivity index (χ0n) is 22.5. The molecule has 210 valence electrons. The number of nitrogens with one attached hydrogen (secondary N) is 3. The third-order valence-electron chi connectivity index (χ3n) is 6.41. The van der Waals surface area contributed by atoms with Crippen LogP contribution in [0.4, 0.5) is 0 Å². The van der Waals surface area contributed by atoms with Crippen LogP contribution in [0.15, 0.2) is 109 Å². The predicted molar refractivity (Wildman–Crippen MR) is 166 cm³/mol. The molecule has 3 aromatic carbocycles. The number of halogens is 1. The van der Waals surface area contributed by atoms with Crippen molar-refractivity contribution in [2.45, 2.75) is 12.5 Å². The molecule has 0 aliphatic heterocycles. The summed E-state index contributed by atoms with van der Waals surface area (Å²) in [6, 6.07) is 25.4. The first-order chi connectivity index (χ1) is 20.5. The Balaban J connectivity index is 1.20. The lowest BCUT2D eigenvalue weighted by Gasteiger charge is -2.17. The lowest BCUT2D eigenvalue weighted by atomic mass is 10.0. The molecule has 42 heavy (non-hydrogen) atoms. The van der Waals surface area contributed by atoms with Gasteiger partial charge in [-0.05, 0) is 53.1 Å². The number of aromatic amines is 1. The fraction of sp³-hybridized carbons (Fsp3) is 0.0909. The number of aromatic nitrogens is 2. The van der Waals surface area contributed by atoms with Crippen molar-refractivity contribution in [3.05, 3.63) is 131 Å². The number of para-hydroxylation sites is 1. The van der Waals surface area contributed by atoms with Crippen LogP contribution in [0.5, 0.6) is 5.75 Å². The summed E-state index contributed by atoms with van der Waals surface area (Å²) < 4.78 is 5.70. The average molecular weight is 578 g/mol. The topological polar surface area (TPSA) is 108 Å². The van der Waals surface area contributed by atoms with E-state index in [0.29, 0.717) is 10.8 Å². The predicted octanol–water partition coefficient (Wildman–Crippen LogP) is 5.64. The molecule has 5 rings (SSSR count). The number of fused-ring (bicyclic) bond motifs is 1. The zero-order chi connectivity index (χ0) is 29.1. The van der Waals surface area contributed by atoms with Crippen molar-refractivity contribution in [1.29, 1.82) is 0 Å². The fourth-order valence-electron chi connectivity index (χ4n) is 4.26. The van der Waals surface area contributed by atoms with Gasteiger partial charge in [-0.25, -0.2) is 5.43 Å². The number of ether oxygens (including phenoxy) is 1. The maximum atomic E-state index is 13.1. The summed E-state index contributed by atoms with van der Waals surface area (Å²) in [4.78, 5) is 33.2. The minimum atomic E-state index is -0.883. The van der Waals surface area contributed by atoms with Gasteiger partial charge in [-0.3, -0.25) is 14.6 Å². The fourth-order valence-corrected chi connectivity index (χ4v) is 4.38. The van der Waals surface area contributed by atoms with Crippen LogP contribution >= 0.6 is 11.6 Å². The molecule has 5 aromatic rings. The van der Waals surface area contributed by atoms with Crippen molar-refractivity contribution in [1.82, 2.24) is 20.7 Å². The highest BCUT2D eigenvalue weighted by atomic mass is 35.5. The van der Waals surface area contributed by atoms with Crippen LogP contribution in [-0.2, 0) is 16.0 Å². The third kappa shape index (κ3) is 7.93. The molecule has 0 aliphatic carbocycles. The van der Waals surface area contributed by atoms with Crippen LogP contribution in [0.3, 0.4) is 0 Å². The summed E-state index contributed by atoms with van der Waals surface area (Å²) in [7, 11) is 0.